The summed E-state index contributed by atoms with van der Waals surface area (Å²) in [5.41, 5.74) is 0.888. The molecule has 5 atom stereocenters. The van der Waals surface area contributed by atoms with Gasteiger partial charge in [-0.25, -0.2) is 4.79 Å². The number of aromatic nitrogens is 1. The molecule has 5 rings (SSSR count). The summed E-state index contributed by atoms with van der Waals surface area (Å²) in [6.45, 7) is 24.2. The summed E-state index contributed by atoms with van der Waals surface area (Å²) >= 11 is 0. The molecular weight excluding hydrogens is 729 g/mol. The van der Waals surface area contributed by atoms with Crippen LogP contribution < -0.4 is 9.47 Å². The number of carbonyl (C=O) groups is 2. The molecule has 0 aliphatic heterocycles. The number of ether oxygens (including phenoxy) is 3. The molecule has 0 unspecified atom stereocenters. The highest BCUT2D eigenvalue weighted by Gasteiger charge is 2.66. The molecule has 55 heavy (non-hydrogen) atoms. The molecule has 0 saturated heterocycles. The minimum absolute atomic E-state index is 0.147. The molecule has 2 aromatic carbocycles. The van der Waals surface area contributed by atoms with Gasteiger partial charge in [-0.3, -0.25) is 9.69 Å². The third-order valence-electron chi connectivity index (χ3n) is 12.7. The van der Waals surface area contributed by atoms with Crippen molar-refractivity contribution in [1.29, 1.82) is 0 Å². The molecule has 3 aromatic rings. The van der Waals surface area contributed by atoms with Crippen LogP contribution in [0.25, 0.3) is 0 Å². The molecule has 0 spiro atoms. The summed E-state index contributed by atoms with van der Waals surface area (Å²) in [5, 5.41) is 3.98. The van der Waals surface area contributed by atoms with E-state index in [1.165, 1.54) is 7.11 Å². The van der Waals surface area contributed by atoms with Crippen molar-refractivity contribution in [2.75, 3.05) is 28.3 Å². The summed E-state index contributed by atoms with van der Waals surface area (Å²) in [4.78, 5) is 31.3. The highest BCUT2D eigenvalue weighted by molar-refractivity contribution is 6.75. The number of esters is 1. The number of carbonyl (C=O) groups excluding carboxylic acids is 2. The minimum Gasteiger partial charge on any atom is -0.544 e. The normalized spacial score (nSPS) is 22.4. The minimum atomic E-state index is -2.74. The molecule has 0 radical (unpaired) electrons. The molecule has 0 amide bonds. The van der Waals surface area contributed by atoms with E-state index in [2.05, 4.69) is 90.8 Å². The quantitative estimate of drug-likeness (QED) is 0.130. The van der Waals surface area contributed by atoms with Crippen LogP contribution in [-0.2, 0) is 20.2 Å². The molecule has 0 saturated carbocycles. The van der Waals surface area contributed by atoms with Crippen molar-refractivity contribution in [1.82, 2.24) is 10.1 Å². The van der Waals surface area contributed by atoms with E-state index in [1.54, 1.807) is 13.2 Å². The van der Waals surface area contributed by atoms with Crippen molar-refractivity contribution in [3.63, 3.8) is 0 Å². The highest BCUT2D eigenvalue weighted by atomic mass is 28.4. The van der Waals surface area contributed by atoms with E-state index < -0.39 is 40.2 Å². The Kier molecular flexibility index (Phi) is 11.8. The van der Waals surface area contributed by atoms with Crippen LogP contribution in [0.2, 0.25) is 36.3 Å². The van der Waals surface area contributed by atoms with E-state index in [0.29, 0.717) is 34.8 Å². The average molecular weight is 791 g/mol. The molecule has 1 heterocycles. The molecule has 2 aliphatic carbocycles. The van der Waals surface area contributed by atoms with Crippen LogP contribution in [0.4, 0.5) is 0 Å². The van der Waals surface area contributed by atoms with Crippen molar-refractivity contribution < 1.29 is 37.2 Å². The van der Waals surface area contributed by atoms with Gasteiger partial charge < -0.3 is 27.6 Å². The van der Waals surface area contributed by atoms with Gasteiger partial charge in [0, 0.05) is 5.92 Å². The largest absolute Gasteiger partial charge is 0.544 e. The number of rotatable bonds is 12. The fourth-order valence-electron chi connectivity index (χ4n) is 7.41. The van der Waals surface area contributed by atoms with Gasteiger partial charge in [0.15, 0.2) is 19.7 Å². The number of nitrogens with zero attached hydrogens (tertiary/aromatic N) is 2. The Bertz CT molecular complexity index is 1910. The molecule has 0 bridgehead atoms. The molecule has 10 nitrogen and oxygen atoms in total. The smallest absolute Gasteiger partial charge is 0.341 e. The first-order valence-electron chi connectivity index (χ1n) is 19.3. The Labute approximate surface area is 330 Å². The number of methoxy groups -OCH3 is 2. The predicted molar refractivity (Wildman–Crippen MR) is 220 cm³/mol. The van der Waals surface area contributed by atoms with Crippen molar-refractivity contribution in [3.8, 4) is 11.6 Å². The Balaban J connectivity index is 1.81. The van der Waals surface area contributed by atoms with Gasteiger partial charge >= 0.3 is 5.97 Å². The van der Waals surface area contributed by atoms with E-state index in [0.717, 1.165) is 11.1 Å². The summed E-state index contributed by atoms with van der Waals surface area (Å²) < 4.78 is 38.6. The molecule has 0 fully saturated rings. The van der Waals surface area contributed by atoms with E-state index in [-0.39, 0.29) is 40.2 Å². The van der Waals surface area contributed by atoms with Crippen molar-refractivity contribution in [3.05, 3.63) is 88.4 Å². The highest BCUT2D eigenvalue weighted by Crippen LogP contribution is 2.60. The van der Waals surface area contributed by atoms with Gasteiger partial charge in [-0.05, 0) is 97.0 Å². The lowest BCUT2D eigenvalue weighted by Crippen LogP contribution is -2.65. The van der Waals surface area contributed by atoms with Crippen LogP contribution in [-0.4, -0.2) is 72.4 Å². The van der Waals surface area contributed by atoms with E-state index in [4.69, 9.17) is 27.6 Å². The van der Waals surface area contributed by atoms with Crippen LogP contribution in [0.3, 0.4) is 0 Å². The van der Waals surface area contributed by atoms with Crippen LogP contribution in [0.1, 0.15) is 104 Å². The van der Waals surface area contributed by atoms with E-state index in [9.17, 15) is 4.79 Å². The van der Waals surface area contributed by atoms with E-state index >= 15 is 4.79 Å². The summed E-state index contributed by atoms with van der Waals surface area (Å²) in [6.07, 6.45) is 2.65. The maximum atomic E-state index is 15.9. The van der Waals surface area contributed by atoms with Gasteiger partial charge in [0.1, 0.15) is 29.2 Å². The van der Waals surface area contributed by atoms with Crippen molar-refractivity contribution in [2.24, 2.45) is 11.8 Å². The average Bonchev–Trinajstić information content (AvgIpc) is 3.53. The number of benzene rings is 2. The third-order valence-corrected chi connectivity index (χ3v) is 21.4. The van der Waals surface area contributed by atoms with Crippen LogP contribution in [0.15, 0.2) is 64.9 Å². The van der Waals surface area contributed by atoms with Crippen molar-refractivity contribution >= 4 is 28.4 Å². The number of hydrogen-bond donors (Lipinski definition) is 0. The monoisotopic (exact) mass is 790 g/mol. The Morgan fingerprint density at radius 3 is 2.16 bits per heavy atom. The van der Waals surface area contributed by atoms with Crippen molar-refractivity contribution in [2.45, 2.75) is 115 Å². The fourth-order valence-corrected chi connectivity index (χ4v) is 9.94. The van der Waals surface area contributed by atoms with Crippen LogP contribution >= 0.6 is 0 Å². The summed E-state index contributed by atoms with van der Waals surface area (Å²) in [7, 11) is 1.57. The number of Topliss-reactive ketones (excluding diaryl/α,β-unsaturated/α-hetero) is 1. The molecular formula is C43H62N2O8Si2. The number of ketones is 1. The first kappa shape index (κ1) is 42.4. The molecule has 2 aliphatic rings. The standard InChI is InChI=1S/C43H62N2O8Si2/c1-27(30-22-19-23-32(48-10)34(30)40(47)49-11)29-24-31-36(45(8)9)37-35(39(44-51-37)50-26-28-20-17-16-18-21-28)38(46)43(31,53-55(14,15)42(5,6)7)33(25-29)52-54(12,13)41(2,3)4/h16-23,25,27,29,31,36H,24,26H2,1-15H3/t27-,29+,31+,36+,43+/m1/s1. The maximum Gasteiger partial charge on any atom is 0.341 e. The second-order valence-electron chi connectivity index (χ2n) is 18.4. The second-order valence-corrected chi connectivity index (χ2v) is 27.9. The van der Waals surface area contributed by atoms with E-state index in [1.807, 2.05) is 56.6 Å². The Morgan fingerprint density at radius 1 is 0.964 bits per heavy atom. The number of fused-ring (bicyclic) bond motifs is 2. The topological polar surface area (TPSA) is 110 Å². The van der Waals surface area contributed by atoms with Gasteiger partial charge in [0.25, 0.3) is 5.88 Å². The second kappa shape index (κ2) is 15.3. The molecule has 12 heteroatoms. The zero-order valence-corrected chi connectivity index (χ0v) is 37.6. The lowest BCUT2D eigenvalue weighted by Gasteiger charge is -2.56. The predicted octanol–water partition coefficient (Wildman–Crippen LogP) is 9.95. The number of hydrogen-bond acceptors (Lipinski definition) is 10. The molecule has 0 N–H and O–H groups in total. The third kappa shape index (κ3) is 7.71. The van der Waals surface area contributed by atoms with Crippen LogP contribution in [0.5, 0.6) is 11.6 Å². The molecule has 1 aromatic heterocycles. The molecule has 300 valence electrons. The van der Waals surface area contributed by atoms with Crippen LogP contribution in [0, 0.1) is 11.8 Å². The zero-order chi connectivity index (χ0) is 40.9. The fraction of sp³-hybridized carbons (Fsp3) is 0.558. The SMILES string of the molecule is COC(=O)c1c(OC)cccc1[C@H](C)[C@@H]1C=C(O[Si](C)(C)C(C)(C)C)[C@]2(O[Si](C)(C)C(C)(C)C)C(=O)c3c(OCc4ccccc4)noc3[C@@H](N(C)C)[C@@H]2C1. The van der Waals surface area contributed by atoms with Gasteiger partial charge in [0.2, 0.25) is 14.1 Å². The van der Waals surface area contributed by atoms with Gasteiger partial charge in [-0.15, -0.1) is 0 Å². The first-order valence-corrected chi connectivity index (χ1v) is 25.1. The lowest BCUT2D eigenvalue weighted by molar-refractivity contribution is -0.0452. The maximum absolute atomic E-state index is 15.9. The Hall–Kier alpha value is -3.72. The zero-order valence-electron chi connectivity index (χ0n) is 35.6. The number of allylic oxidation sites excluding steroid dienone is 1. The summed E-state index contributed by atoms with van der Waals surface area (Å²) in [6, 6.07) is 15.0. The van der Waals surface area contributed by atoms with Gasteiger partial charge in [-0.1, -0.05) is 90.9 Å². The first-order chi connectivity index (χ1) is 25.5. The summed E-state index contributed by atoms with van der Waals surface area (Å²) in [5.74, 6) is -0.0290. The Morgan fingerprint density at radius 2 is 1.60 bits per heavy atom. The van der Waals surface area contributed by atoms with Gasteiger partial charge in [0.05, 0.1) is 20.3 Å². The lowest BCUT2D eigenvalue weighted by atomic mass is 9.61. The van der Waals surface area contributed by atoms with Gasteiger partial charge in [-0.2, -0.15) is 0 Å².